The van der Waals surface area contributed by atoms with E-state index < -0.39 is 11.5 Å². The summed E-state index contributed by atoms with van der Waals surface area (Å²) in [7, 11) is 0. The van der Waals surface area contributed by atoms with Crippen molar-refractivity contribution in [3.63, 3.8) is 0 Å². The Bertz CT molecular complexity index is 844. The lowest BCUT2D eigenvalue weighted by Crippen LogP contribution is -2.37. The Morgan fingerprint density at radius 1 is 1.32 bits per heavy atom. The topological polar surface area (TPSA) is 74.6 Å². The molecule has 2 aromatic rings. The van der Waals surface area contributed by atoms with Crippen LogP contribution in [0.5, 0.6) is 5.75 Å². The predicted octanol–water partition coefficient (Wildman–Crippen LogP) is 1.76. The number of nitrogens with zero attached hydrogens (tertiary/aromatic N) is 2. The van der Waals surface area contributed by atoms with E-state index in [0.717, 1.165) is 30.6 Å². The third-order valence-corrected chi connectivity index (χ3v) is 4.78. The summed E-state index contributed by atoms with van der Waals surface area (Å²) in [5.74, 6) is -0.719. The third kappa shape index (κ3) is 3.37. The van der Waals surface area contributed by atoms with Crippen LogP contribution in [0.3, 0.4) is 0 Å². The first-order chi connectivity index (χ1) is 11.6. The summed E-state index contributed by atoms with van der Waals surface area (Å²) >= 11 is 0. The smallest absolute Gasteiger partial charge is 0.267 e. The van der Waals surface area contributed by atoms with Gasteiger partial charge in [-0.3, -0.25) is 9.59 Å². The van der Waals surface area contributed by atoms with Crippen molar-refractivity contribution in [3.8, 4) is 5.75 Å². The normalized spacial score (nSPS) is 12.4. The summed E-state index contributed by atoms with van der Waals surface area (Å²) < 4.78 is 1.60. The molecule has 0 aliphatic carbocycles. The minimum atomic E-state index is -0.507. The second-order valence-corrected chi connectivity index (χ2v) is 6.03. The number of carbonyl (C=O) groups is 1. The van der Waals surface area contributed by atoms with E-state index in [-0.39, 0.29) is 23.7 Å². The number of hydrogen-bond donors (Lipinski definition) is 2. The van der Waals surface area contributed by atoms with E-state index in [1.54, 1.807) is 10.6 Å². The Morgan fingerprint density at radius 3 is 2.72 bits per heavy atom. The maximum absolute atomic E-state index is 12.7. The van der Waals surface area contributed by atoms with Crippen LogP contribution in [0.1, 0.15) is 29.8 Å². The molecule has 2 N–H and O–H groups in total. The zero-order valence-corrected chi connectivity index (χ0v) is 15.4. The van der Waals surface area contributed by atoms with Crippen LogP contribution in [0, 0.1) is 0 Å². The van der Waals surface area contributed by atoms with Gasteiger partial charge in [0.15, 0.2) is 0 Å². The summed E-state index contributed by atoms with van der Waals surface area (Å²) in [4.78, 5) is 27.3. The van der Waals surface area contributed by atoms with Gasteiger partial charge in [-0.1, -0.05) is 26.0 Å². The van der Waals surface area contributed by atoms with Gasteiger partial charge in [0.1, 0.15) is 11.3 Å². The standard InChI is InChI=1S/C18H23N3O3.ClH/c1-3-20(4-2)11-9-19-17(23)14-16(22)13-7-5-6-12-8-10-21(15(12)13)18(14)24;/h5-7,22H,3-4,8-11H2,1-2H3,(H,19,23);1H. The molecule has 0 bridgehead atoms. The fraction of sp³-hybridized carbons (Fsp3) is 0.444. The molecule has 6 nitrogen and oxygen atoms in total. The van der Waals surface area contributed by atoms with E-state index in [2.05, 4.69) is 24.1 Å². The number of hydrogen-bond acceptors (Lipinski definition) is 4. The number of carbonyl (C=O) groups excluding carboxylic acids is 1. The maximum Gasteiger partial charge on any atom is 0.267 e. The van der Waals surface area contributed by atoms with Crippen molar-refractivity contribution in [2.45, 2.75) is 26.8 Å². The van der Waals surface area contributed by atoms with Gasteiger partial charge in [-0.2, -0.15) is 0 Å². The molecule has 0 fully saturated rings. The highest BCUT2D eigenvalue weighted by molar-refractivity contribution is 6.03. The SMILES string of the molecule is CCN(CC)CCNC(=O)c1c(O)c2cccc3c2n(c1=O)CC3.Cl. The van der Waals surface area contributed by atoms with E-state index in [0.29, 0.717) is 25.0 Å². The van der Waals surface area contributed by atoms with E-state index >= 15 is 0 Å². The molecular weight excluding hydrogens is 342 g/mol. The molecule has 0 saturated heterocycles. The van der Waals surface area contributed by atoms with Gasteiger partial charge in [-0.05, 0) is 31.1 Å². The summed E-state index contributed by atoms with van der Waals surface area (Å²) in [6.45, 7) is 7.64. The number of para-hydroxylation sites is 1. The van der Waals surface area contributed by atoms with E-state index in [1.807, 2.05) is 12.1 Å². The largest absolute Gasteiger partial charge is 0.506 e. The average Bonchev–Trinajstić information content (AvgIpc) is 3.02. The van der Waals surface area contributed by atoms with Crippen molar-refractivity contribution in [1.29, 1.82) is 0 Å². The number of aryl methyl sites for hydroxylation is 2. The molecule has 0 atom stereocenters. The Morgan fingerprint density at radius 2 is 2.04 bits per heavy atom. The van der Waals surface area contributed by atoms with Gasteiger partial charge in [-0.15, -0.1) is 12.4 Å². The lowest BCUT2D eigenvalue weighted by Gasteiger charge is -2.18. The molecule has 7 heteroatoms. The summed E-state index contributed by atoms with van der Waals surface area (Å²) in [5, 5.41) is 13.8. The van der Waals surface area contributed by atoms with Crippen molar-refractivity contribution < 1.29 is 9.90 Å². The lowest BCUT2D eigenvalue weighted by atomic mass is 10.1. The highest BCUT2D eigenvalue weighted by atomic mass is 35.5. The van der Waals surface area contributed by atoms with E-state index in [4.69, 9.17) is 0 Å². The number of likely N-dealkylation sites (N-methyl/N-ethyl adjacent to an activating group) is 1. The summed E-state index contributed by atoms with van der Waals surface area (Å²) in [6.07, 6.45) is 0.749. The van der Waals surface area contributed by atoms with Crippen LogP contribution in [-0.2, 0) is 13.0 Å². The Balaban J connectivity index is 0.00000225. The number of rotatable bonds is 6. The quantitative estimate of drug-likeness (QED) is 0.818. The second-order valence-electron chi connectivity index (χ2n) is 6.03. The number of amides is 1. The van der Waals surface area contributed by atoms with Gasteiger partial charge in [0.25, 0.3) is 11.5 Å². The Labute approximate surface area is 152 Å². The van der Waals surface area contributed by atoms with Crippen LogP contribution >= 0.6 is 12.4 Å². The first-order valence-corrected chi connectivity index (χ1v) is 8.46. The lowest BCUT2D eigenvalue weighted by molar-refractivity contribution is 0.0944. The molecule has 1 aliphatic rings. The molecule has 1 aliphatic heterocycles. The number of benzene rings is 1. The molecule has 3 rings (SSSR count). The van der Waals surface area contributed by atoms with Crippen molar-refractivity contribution in [2.75, 3.05) is 26.2 Å². The van der Waals surface area contributed by atoms with Gasteiger partial charge in [-0.25, -0.2) is 0 Å². The Kier molecular flexibility index (Phi) is 6.08. The molecule has 136 valence electrons. The number of pyridine rings is 1. The van der Waals surface area contributed by atoms with Crippen LogP contribution in [0.25, 0.3) is 10.9 Å². The minimum Gasteiger partial charge on any atom is -0.506 e. The van der Waals surface area contributed by atoms with Crippen molar-refractivity contribution in [3.05, 3.63) is 39.7 Å². The molecule has 2 heterocycles. The first kappa shape index (κ1) is 19.3. The molecule has 0 radical (unpaired) electrons. The third-order valence-electron chi connectivity index (χ3n) is 4.78. The van der Waals surface area contributed by atoms with Crippen LogP contribution in [0.15, 0.2) is 23.0 Å². The molecule has 25 heavy (non-hydrogen) atoms. The molecular formula is C18H24ClN3O3. The molecule has 1 aromatic heterocycles. The van der Waals surface area contributed by atoms with E-state index in [9.17, 15) is 14.7 Å². The van der Waals surface area contributed by atoms with Gasteiger partial charge in [0.05, 0.1) is 5.52 Å². The van der Waals surface area contributed by atoms with Crippen molar-refractivity contribution in [2.24, 2.45) is 0 Å². The number of aromatic hydroxyl groups is 1. The predicted molar refractivity (Wildman–Crippen MR) is 101 cm³/mol. The number of halogens is 1. The van der Waals surface area contributed by atoms with Crippen LogP contribution < -0.4 is 10.9 Å². The van der Waals surface area contributed by atoms with Gasteiger partial charge in [0.2, 0.25) is 0 Å². The number of aromatic nitrogens is 1. The highest BCUT2D eigenvalue weighted by Crippen LogP contribution is 2.31. The van der Waals surface area contributed by atoms with Crippen molar-refractivity contribution in [1.82, 2.24) is 14.8 Å². The number of nitrogens with one attached hydrogen (secondary N) is 1. The second kappa shape index (κ2) is 7.89. The molecule has 0 saturated carbocycles. The first-order valence-electron chi connectivity index (χ1n) is 8.46. The van der Waals surface area contributed by atoms with Crippen molar-refractivity contribution >= 4 is 29.2 Å². The maximum atomic E-state index is 12.7. The fourth-order valence-corrected chi connectivity index (χ4v) is 3.38. The minimum absolute atomic E-state index is 0. The monoisotopic (exact) mass is 365 g/mol. The fourth-order valence-electron chi connectivity index (χ4n) is 3.38. The van der Waals surface area contributed by atoms with E-state index in [1.165, 1.54) is 0 Å². The molecule has 0 unspecified atom stereocenters. The molecule has 1 aromatic carbocycles. The van der Waals surface area contributed by atoms with Gasteiger partial charge >= 0.3 is 0 Å². The molecule has 1 amide bonds. The molecule has 0 spiro atoms. The summed E-state index contributed by atoms with van der Waals surface area (Å²) in [6, 6.07) is 5.55. The zero-order valence-electron chi connectivity index (χ0n) is 14.5. The van der Waals surface area contributed by atoms with Crippen LogP contribution in [0.4, 0.5) is 0 Å². The van der Waals surface area contributed by atoms with Crippen LogP contribution in [0.2, 0.25) is 0 Å². The average molecular weight is 366 g/mol. The van der Waals surface area contributed by atoms with Gasteiger partial charge < -0.3 is 19.9 Å². The van der Waals surface area contributed by atoms with Crippen LogP contribution in [-0.4, -0.2) is 46.7 Å². The summed E-state index contributed by atoms with van der Waals surface area (Å²) in [5.41, 5.74) is 1.22. The Hall–Kier alpha value is -2.05. The zero-order chi connectivity index (χ0) is 17.3. The highest BCUT2D eigenvalue weighted by Gasteiger charge is 2.25. The van der Waals surface area contributed by atoms with Gasteiger partial charge in [0, 0.05) is 25.0 Å².